The fraction of sp³-hybridized carbons (Fsp3) is 0.0769. The normalized spacial score (nSPS) is 11.3. The highest BCUT2D eigenvalue weighted by Gasteiger charge is 2.21. The molecule has 0 fully saturated rings. The van der Waals surface area contributed by atoms with Crippen molar-refractivity contribution >= 4 is 48.9 Å². The van der Waals surface area contributed by atoms with Gasteiger partial charge < -0.3 is 5.73 Å². The highest BCUT2D eigenvalue weighted by atomic mass is 79.9. The van der Waals surface area contributed by atoms with Crippen LogP contribution in [0.5, 0.6) is 0 Å². The molecule has 0 aliphatic carbocycles. The third kappa shape index (κ3) is 3.26. The zero-order valence-electron chi connectivity index (χ0n) is 10.5. The van der Waals surface area contributed by atoms with E-state index in [1.807, 2.05) is 13.0 Å². The predicted octanol–water partition coefficient (Wildman–Crippen LogP) is 3.79. The second kappa shape index (κ2) is 5.63. The number of sulfonamides is 1. The summed E-state index contributed by atoms with van der Waals surface area (Å²) in [5, 5.41) is 0.0872. The standard InChI is InChI=1S/C13H12BrClN2O2S/c1-8-5-9(14)7-10(6-8)17-20(18,19)13-11(15)3-2-4-12(13)16/h2-7,17H,16H2,1H3. The topological polar surface area (TPSA) is 72.2 Å². The lowest BCUT2D eigenvalue weighted by molar-refractivity contribution is 0.601. The van der Waals surface area contributed by atoms with Crippen molar-refractivity contribution in [2.45, 2.75) is 11.8 Å². The molecule has 7 heteroatoms. The van der Waals surface area contributed by atoms with Crippen molar-refractivity contribution in [3.63, 3.8) is 0 Å². The van der Waals surface area contributed by atoms with Crippen molar-refractivity contribution < 1.29 is 8.42 Å². The average molecular weight is 376 g/mol. The molecule has 2 aromatic carbocycles. The monoisotopic (exact) mass is 374 g/mol. The molecular weight excluding hydrogens is 364 g/mol. The van der Waals surface area contributed by atoms with E-state index in [1.54, 1.807) is 18.2 Å². The summed E-state index contributed by atoms with van der Waals surface area (Å²) in [5.41, 5.74) is 7.18. The van der Waals surface area contributed by atoms with E-state index in [1.165, 1.54) is 12.1 Å². The maximum absolute atomic E-state index is 12.4. The van der Waals surface area contributed by atoms with Crippen LogP contribution in [0.1, 0.15) is 5.56 Å². The van der Waals surface area contributed by atoms with Gasteiger partial charge in [0, 0.05) is 4.47 Å². The molecule has 106 valence electrons. The van der Waals surface area contributed by atoms with Crippen LogP contribution in [0.3, 0.4) is 0 Å². The van der Waals surface area contributed by atoms with E-state index in [4.69, 9.17) is 17.3 Å². The Balaban J connectivity index is 2.46. The number of aryl methyl sites for hydroxylation is 1. The van der Waals surface area contributed by atoms with E-state index in [-0.39, 0.29) is 15.6 Å². The first-order valence-corrected chi connectivity index (χ1v) is 8.29. The Labute approximate surface area is 131 Å². The van der Waals surface area contributed by atoms with Gasteiger partial charge in [0.1, 0.15) is 4.90 Å². The Morgan fingerprint density at radius 3 is 2.55 bits per heavy atom. The van der Waals surface area contributed by atoms with E-state index < -0.39 is 10.0 Å². The van der Waals surface area contributed by atoms with Crippen molar-refractivity contribution in [2.75, 3.05) is 10.5 Å². The molecule has 0 saturated carbocycles. The van der Waals surface area contributed by atoms with Gasteiger partial charge in [-0.25, -0.2) is 8.42 Å². The van der Waals surface area contributed by atoms with E-state index >= 15 is 0 Å². The number of nitrogens with one attached hydrogen (secondary N) is 1. The number of nitrogen functional groups attached to an aromatic ring is 1. The number of halogens is 2. The first kappa shape index (κ1) is 15.2. The quantitative estimate of drug-likeness (QED) is 0.802. The van der Waals surface area contributed by atoms with E-state index in [2.05, 4.69) is 20.7 Å². The summed E-state index contributed by atoms with van der Waals surface area (Å²) >= 11 is 9.25. The minimum atomic E-state index is -3.84. The van der Waals surface area contributed by atoms with Gasteiger partial charge in [-0.2, -0.15) is 0 Å². The maximum atomic E-state index is 12.4. The summed E-state index contributed by atoms with van der Waals surface area (Å²) in [5.74, 6) is 0. The number of hydrogen-bond donors (Lipinski definition) is 2. The van der Waals surface area contributed by atoms with Gasteiger partial charge in [0.15, 0.2) is 0 Å². The number of benzene rings is 2. The van der Waals surface area contributed by atoms with E-state index in [0.717, 1.165) is 10.0 Å². The van der Waals surface area contributed by atoms with Crippen molar-refractivity contribution in [1.29, 1.82) is 0 Å². The molecule has 0 aliphatic heterocycles. The summed E-state index contributed by atoms with van der Waals surface area (Å²) in [4.78, 5) is -0.112. The van der Waals surface area contributed by atoms with E-state index in [9.17, 15) is 8.42 Å². The molecule has 0 spiro atoms. The molecule has 0 amide bonds. The van der Waals surface area contributed by atoms with Gasteiger partial charge >= 0.3 is 0 Å². The lowest BCUT2D eigenvalue weighted by Gasteiger charge is -2.12. The van der Waals surface area contributed by atoms with Gasteiger partial charge in [0.05, 0.1) is 16.4 Å². The van der Waals surface area contributed by atoms with Crippen molar-refractivity contribution in [2.24, 2.45) is 0 Å². The molecule has 0 unspecified atom stereocenters. The number of rotatable bonds is 3. The minimum Gasteiger partial charge on any atom is -0.398 e. The van der Waals surface area contributed by atoms with Crippen LogP contribution < -0.4 is 10.5 Å². The van der Waals surface area contributed by atoms with Crippen LogP contribution in [0, 0.1) is 6.92 Å². The van der Waals surface area contributed by atoms with Crippen LogP contribution in [0.4, 0.5) is 11.4 Å². The predicted molar refractivity (Wildman–Crippen MR) is 85.6 cm³/mol. The van der Waals surface area contributed by atoms with Gasteiger partial charge in [0.25, 0.3) is 10.0 Å². The maximum Gasteiger partial charge on any atom is 0.265 e. The number of nitrogens with two attached hydrogens (primary N) is 1. The Morgan fingerprint density at radius 1 is 1.25 bits per heavy atom. The summed E-state index contributed by atoms with van der Waals surface area (Å²) in [6, 6.07) is 9.83. The van der Waals surface area contributed by atoms with Crippen LogP contribution in [0.25, 0.3) is 0 Å². The van der Waals surface area contributed by atoms with Gasteiger partial charge in [-0.15, -0.1) is 0 Å². The molecule has 4 nitrogen and oxygen atoms in total. The van der Waals surface area contributed by atoms with Crippen molar-refractivity contribution in [3.8, 4) is 0 Å². The molecule has 0 radical (unpaired) electrons. The second-order valence-electron chi connectivity index (χ2n) is 4.28. The summed E-state index contributed by atoms with van der Waals surface area (Å²) in [6.07, 6.45) is 0. The Kier molecular flexibility index (Phi) is 4.27. The van der Waals surface area contributed by atoms with Gasteiger partial charge in [0.2, 0.25) is 0 Å². The largest absolute Gasteiger partial charge is 0.398 e. The van der Waals surface area contributed by atoms with Crippen LogP contribution >= 0.6 is 27.5 Å². The first-order chi connectivity index (χ1) is 9.29. The summed E-state index contributed by atoms with van der Waals surface area (Å²) in [6.45, 7) is 1.87. The molecule has 0 aliphatic rings. The molecule has 0 atom stereocenters. The van der Waals surface area contributed by atoms with Crippen LogP contribution in [-0.4, -0.2) is 8.42 Å². The van der Waals surface area contributed by atoms with Crippen LogP contribution in [-0.2, 0) is 10.0 Å². The molecular formula is C13H12BrClN2O2S. The van der Waals surface area contributed by atoms with Gasteiger partial charge in [-0.3, -0.25) is 4.72 Å². The minimum absolute atomic E-state index is 0.0872. The Bertz CT molecular complexity index is 722. The smallest absolute Gasteiger partial charge is 0.265 e. The fourth-order valence-corrected chi connectivity index (χ4v) is 4.14. The van der Waals surface area contributed by atoms with Gasteiger partial charge in [-0.1, -0.05) is 33.6 Å². The third-order valence-electron chi connectivity index (χ3n) is 2.56. The average Bonchev–Trinajstić information content (AvgIpc) is 2.25. The highest BCUT2D eigenvalue weighted by molar-refractivity contribution is 9.10. The lowest BCUT2D eigenvalue weighted by atomic mass is 10.2. The fourth-order valence-electron chi connectivity index (χ4n) is 1.81. The summed E-state index contributed by atoms with van der Waals surface area (Å²) < 4.78 is 28.0. The zero-order chi connectivity index (χ0) is 14.9. The zero-order valence-corrected chi connectivity index (χ0v) is 13.7. The van der Waals surface area contributed by atoms with Crippen molar-refractivity contribution in [1.82, 2.24) is 0 Å². The molecule has 0 aromatic heterocycles. The second-order valence-corrected chi connectivity index (χ2v) is 7.22. The van der Waals surface area contributed by atoms with Crippen molar-refractivity contribution in [3.05, 3.63) is 51.5 Å². The molecule has 20 heavy (non-hydrogen) atoms. The Hall–Kier alpha value is -1.24. The SMILES string of the molecule is Cc1cc(Br)cc(NS(=O)(=O)c2c(N)cccc2Cl)c1. The van der Waals surface area contributed by atoms with Crippen LogP contribution in [0.15, 0.2) is 45.8 Å². The molecule has 2 aromatic rings. The molecule has 0 heterocycles. The molecule has 0 bridgehead atoms. The van der Waals surface area contributed by atoms with E-state index in [0.29, 0.717) is 5.69 Å². The third-order valence-corrected chi connectivity index (χ3v) is 4.94. The first-order valence-electron chi connectivity index (χ1n) is 5.63. The number of hydrogen-bond acceptors (Lipinski definition) is 3. The Morgan fingerprint density at radius 2 is 1.95 bits per heavy atom. The number of anilines is 2. The van der Waals surface area contributed by atoms with Crippen LogP contribution in [0.2, 0.25) is 5.02 Å². The lowest BCUT2D eigenvalue weighted by Crippen LogP contribution is -2.15. The van der Waals surface area contributed by atoms with Gasteiger partial charge in [-0.05, 0) is 42.8 Å². The molecule has 0 saturated heterocycles. The summed E-state index contributed by atoms with van der Waals surface area (Å²) in [7, 11) is -3.84. The molecule has 2 rings (SSSR count). The molecule has 3 N–H and O–H groups in total. The highest BCUT2D eigenvalue weighted by Crippen LogP contribution is 2.29.